The molecule has 8 heteroatoms. The number of hydrogen-bond acceptors (Lipinski definition) is 4. The van der Waals surface area contributed by atoms with Crippen molar-refractivity contribution in [2.24, 2.45) is 7.05 Å². The molecule has 0 aliphatic heterocycles. The molecule has 1 amide bonds. The maximum absolute atomic E-state index is 13.5. The van der Waals surface area contributed by atoms with Crippen molar-refractivity contribution in [3.05, 3.63) is 94.3 Å². The lowest BCUT2D eigenvalue weighted by atomic mass is 10.1. The van der Waals surface area contributed by atoms with Crippen LogP contribution in [0.25, 0.3) is 10.9 Å². The molecule has 2 heterocycles. The summed E-state index contributed by atoms with van der Waals surface area (Å²) in [6.45, 7) is 0. The molecule has 2 aromatic heterocycles. The van der Waals surface area contributed by atoms with Crippen molar-refractivity contribution in [3.63, 3.8) is 0 Å². The third kappa shape index (κ3) is 4.28. The summed E-state index contributed by atoms with van der Waals surface area (Å²) < 4.78 is 17.0. The van der Waals surface area contributed by atoms with E-state index in [0.29, 0.717) is 29.0 Å². The lowest BCUT2D eigenvalue weighted by Crippen LogP contribution is -2.32. The van der Waals surface area contributed by atoms with E-state index in [2.05, 4.69) is 10.3 Å². The van der Waals surface area contributed by atoms with Crippen molar-refractivity contribution >= 4 is 16.8 Å². The Kier molecular flexibility index (Phi) is 5.50. The van der Waals surface area contributed by atoms with Crippen LogP contribution < -0.4 is 10.9 Å². The molecule has 1 fully saturated rings. The molecule has 1 atom stereocenters. The van der Waals surface area contributed by atoms with E-state index in [9.17, 15) is 14.0 Å². The fourth-order valence-corrected chi connectivity index (χ4v) is 4.14. The van der Waals surface area contributed by atoms with Gasteiger partial charge in [0.2, 0.25) is 5.91 Å². The minimum Gasteiger partial charge on any atom is -0.342 e. The van der Waals surface area contributed by atoms with Gasteiger partial charge in [0.05, 0.1) is 10.9 Å². The van der Waals surface area contributed by atoms with Gasteiger partial charge in [-0.15, -0.1) is 0 Å². The molecule has 1 aliphatic rings. The first-order valence-electron chi connectivity index (χ1n) is 11.0. The zero-order chi connectivity index (χ0) is 22.9. The number of nitrogens with zero attached hydrogens (tertiary/aromatic N) is 4. The third-order valence-corrected chi connectivity index (χ3v) is 5.99. The first kappa shape index (κ1) is 21.1. The van der Waals surface area contributed by atoms with Gasteiger partial charge in [-0.05, 0) is 42.7 Å². The van der Waals surface area contributed by atoms with E-state index < -0.39 is 6.04 Å². The molecular formula is C25H24FN5O2. The highest BCUT2D eigenvalue weighted by atomic mass is 19.1. The number of carbonyl (C=O) groups is 1. The van der Waals surface area contributed by atoms with Crippen molar-refractivity contribution in [2.75, 3.05) is 0 Å². The molecule has 1 saturated carbocycles. The van der Waals surface area contributed by atoms with Gasteiger partial charge in [-0.25, -0.2) is 14.4 Å². The Labute approximate surface area is 189 Å². The van der Waals surface area contributed by atoms with Crippen LogP contribution >= 0.6 is 0 Å². The quantitative estimate of drug-likeness (QED) is 0.473. The van der Waals surface area contributed by atoms with Gasteiger partial charge in [0.1, 0.15) is 23.5 Å². The normalized spacial score (nSPS) is 14.4. The minimum absolute atomic E-state index is 0.0456. The Balaban J connectivity index is 1.39. The highest BCUT2D eigenvalue weighted by molar-refractivity contribution is 5.78. The number of para-hydroxylation sites is 1. The molecule has 5 rings (SSSR count). The summed E-state index contributed by atoms with van der Waals surface area (Å²) in [5, 5.41) is 3.62. The Morgan fingerprint density at radius 1 is 1.18 bits per heavy atom. The number of rotatable bonds is 7. The number of aryl methyl sites for hydroxylation is 2. The van der Waals surface area contributed by atoms with E-state index in [-0.39, 0.29) is 29.7 Å². The van der Waals surface area contributed by atoms with E-state index >= 15 is 0 Å². The van der Waals surface area contributed by atoms with Crippen LogP contribution in [-0.2, 0) is 18.3 Å². The Morgan fingerprint density at radius 2 is 1.94 bits per heavy atom. The molecule has 7 nitrogen and oxygen atoms in total. The van der Waals surface area contributed by atoms with Gasteiger partial charge in [-0.1, -0.05) is 24.3 Å². The summed E-state index contributed by atoms with van der Waals surface area (Å²) >= 11 is 0. The molecule has 1 unspecified atom stereocenters. The maximum Gasteiger partial charge on any atom is 0.261 e. The minimum atomic E-state index is -0.520. The molecule has 2 aromatic carbocycles. The van der Waals surface area contributed by atoms with E-state index in [1.165, 1.54) is 12.1 Å². The van der Waals surface area contributed by atoms with Gasteiger partial charge >= 0.3 is 0 Å². The number of amides is 1. The van der Waals surface area contributed by atoms with Crippen molar-refractivity contribution in [2.45, 2.75) is 37.8 Å². The zero-order valence-electron chi connectivity index (χ0n) is 18.2. The Morgan fingerprint density at radius 3 is 2.64 bits per heavy atom. The van der Waals surface area contributed by atoms with Crippen LogP contribution in [0.2, 0.25) is 0 Å². The number of carbonyl (C=O) groups excluding carboxylic acids is 1. The topological polar surface area (TPSA) is 81.8 Å². The molecule has 0 bridgehead atoms. The predicted octanol–water partition coefficient (Wildman–Crippen LogP) is 3.44. The molecular weight excluding hydrogens is 421 g/mol. The second-order valence-corrected chi connectivity index (χ2v) is 8.40. The first-order valence-corrected chi connectivity index (χ1v) is 11.0. The number of halogens is 1. The molecule has 168 valence electrons. The van der Waals surface area contributed by atoms with Gasteiger partial charge in [-0.3, -0.25) is 14.2 Å². The van der Waals surface area contributed by atoms with Crippen molar-refractivity contribution in [1.82, 2.24) is 24.4 Å². The highest BCUT2D eigenvalue weighted by Crippen LogP contribution is 2.35. The summed E-state index contributed by atoms with van der Waals surface area (Å²) in [6.07, 6.45) is 5.87. The first-order chi connectivity index (χ1) is 16.0. The molecule has 1 aliphatic carbocycles. The average molecular weight is 445 g/mol. The summed E-state index contributed by atoms with van der Waals surface area (Å²) in [7, 11) is 1.85. The van der Waals surface area contributed by atoms with E-state index in [1.807, 2.05) is 29.8 Å². The predicted molar refractivity (Wildman–Crippen MR) is 122 cm³/mol. The second kappa shape index (κ2) is 8.61. The zero-order valence-corrected chi connectivity index (χ0v) is 18.2. The fraction of sp³-hybridized carbons (Fsp3) is 0.280. The van der Waals surface area contributed by atoms with Crippen LogP contribution in [0.4, 0.5) is 4.39 Å². The average Bonchev–Trinajstić information content (AvgIpc) is 3.56. The number of hydrogen-bond donors (Lipinski definition) is 1. The fourth-order valence-electron chi connectivity index (χ4n) is 4.14. The summed E-state index contributed by atoms with van der Waals surface area (Å²) in [5.41, 5.74) is 1.33. The summed E-state index contributed by atoms with van der Waals surface area (Å²) in [6, 6.07) is 13.0. The lowest BCUT2D eigenvalue weighted by molar-refractivity contribution is -0.121. The molecule has 0 spiro atoms. The van der Waals surface area contributed by atoms with Gasteiger partial charge in [0.25, 0.3) is 5.56 Å². The van der Waals surface area contributed by atoms with Crippen LogP contribution in [0.5, 0.6) is 0 Å². The molecule has 4 aromatic rings. The second-order valence-electron chi connectivity index (χ2n) is 8.40. The van der Waals surface area contributed by atoms with E-state index in [4.69, 9.17) is 4.98 Å². The van der Waals surface area contributed by atoms with Gasteiger partial charge < -0.3 is 9.88 Å². The highest BCUT2D eigenvalue weighted by Gasteiger charge is 2.28. The number of imidazole rings is 1. The van der Waals surface area contributed by atoms with E-state index in [1.54, 1.807) is 35.2 Å². The Hall–Kier alpha value is -3.81. The number of benzene rings is 2. The van der Waals surface area contributed by atoms with Crippen molar-refractivity contribution in [1.29, 1.82) is 0 Å². The van der Waals surface area contributed by atoms with Gasteiger partial charge in [0, 0.05) is 38.3 Å². The summed E-state index contributed by atoms with van der Waals surface area (Å²) in [4.78, 5) is 35.1. The van der Waals surface area contributed by atoms with Gasteiger partial charge in [0.15, 0.2) is 0 Å². The molecule has 0 saturated heterocycles. The van der Waals surface area contributed by atoms with Crippen LogP contribution in [0.3, 0.4) is 0 Å². The molecule has 0 radical (unpaired) electrons. The summed E-state index contributed by atoms with van der Waals surface area (Å²) in [5.74, 6) is 0.738. The van der Waals surface area contributed by atoms with E-state index in [0.717, 1.165) is 18.4 Å². The van der Waals surface area contributed by atoms with Crippen molar-refractivity contribution < 1.29 is 9.18 Å². The molecule has 33 heavy (non-hydrogen) atoms. The van der Waals surface area contributed by atoms with Crippen LogP contribution in [-0.4, -0.2) is 25.0 Å². The van der Waals surface area contributed by atoms with Gasteiger partial charge in [-0.2, -0.15) is 0 Å². The van der Waals surface area contributed by atoms with Crippen LogP contribution in [0.1, 0.15) is 48.6 Å². The molecule has 1 N–H and O–H groups in total. The lowest BCUT2D eigenvalue weighted by Gasteiger charge is -2.19. The smallest absolute Gasteiger partial charge is 0.261 e. The third-order valence-electron chi connectivity index (χ3n) is 5.99. The monoisotopic (exact) mass is 445 g/mol. The van der Waals surface area contributed by atoms with Crippen LogP contribution in [0.15, 0.2) is 65.7 Å². The standard InChI is InChI=1S/C25H24FN5O2/c1-30-15-14-27-24(30)23(16-6-8-17(26)9-7-16)29-22(32)13-12-21-28-20-5-3-2-4-19(20)25(33)31(21)18-10-11-18/h2-9,14-15,18,23H,10-13H2,1H3,(H,29,32). The number of fused-ring (bicyclic) bond motifs is 1. The number of nitrogens with one attached hydrogen (secondary N) is 1. The van der Waals surface area contributed by atoms with Crippen LogP contribution in [0, 0.1) is 5.82 Å². The maximum atomic E-state index is 13.5. The largest absolute Gasteiger partial charge is 0.342 e. The number of aromatic nitrogens is 4. The SMILES string of the molecule is Cn1ccnc1C(NC(=O)CCc1nc2ccccc2c(=O)n1C1CC1)c1ccc(F)cc1. The Bertz CT molecular complexity index is 1370. The van der Waals surface area contributed by atoms with Crippen molar-refractivity contribution in [3.8, 4) is 0 Å².